The van der Waals surface area contributed by atoms with E-state index in [1.165, 1.54) is 13.2 Å². The van der Waals surface area contributed by atoms with Crippen LogP contribution in [-0.2, 0) is 0 Å². The number of nitrogens with zero attached hydrogens (tertiary/aromatic N) is 1. The van der Waals surface area contributed by atoms with Gasteiger partial charge in [0.05, 0.1) is 18.7 Å². The van der Waals surface area contributed by atoms with Gasteiger partial charge in [0.2, 0.25) is 0 Å². The molecule has 0 radical (unpaired) electrons. The van der Waals surface area contributed by atoms with Gasteiger partial charge in [-0.15, -0.1) is 0 Å². The zero-order valence-corrected chi connectivity index (χ0v) is 13.4. The Morgan fingerprint density at radius 3 is 2.71 bits per heavy atom. The topological polar surface area (TPSA) is 51.2 Å². The van der Waals surface area contributed by atoms with Gasteiger partial charge in [-0.1, -0.05) is 30.3 Å². The van der Waals surface area contributed by atoms with Gasteiger partial charge in [0, 0.05) is 5.39 Å². The van der Waals surface area contributed by atoms with Gasteiger partial charge >= 0.3 is 0 Å². The molecule has 1 atom stereocenters. The average molecular weight is 324 g/mol. The second-order valence-corrected chi connectivity index (χ2v) is 5.48. The first kappa shape index (κ1) is 15.9. The summed E-state index contributed by atoms with van der Waals surface area (Å²) >= 11 is 0. The molecule has 122 valence electrons. The number of hydrogen-bond acceptors (Lipinski definition) is 3. The van der Waals surface area contributed by atoms with Crippen molar-refractivity contribution in [1.29, 1.82) is 0 Å². The minimum absolute atomic E-state index is 0.175. The number of carbonyl (C=O) groups is 1. The van der Waals surface area contributed by atoms with E-state index in [-0.39, 0.29) is 17.7 Å². The van der Waals surface area contributed by atoms with Crippen LogP contribution in [0.25, 0.3) is 10.9 Å². The first-order valence-corrected chi connectivity index (χ1v) is 7.58. The standard InChI is InChI=1S/C19H17FN2O2/c1-12(14-8-10-18(24-2)15(20)11-14)21-19(23)17-9-7-13-5-3-4-6-16(13)22-17/h3-12H,1-2H3,(H,21,23)/t12-/m0/s1. The van der Waals surface area contributed by atoms with Gasteiger partial charge < -0.3 is 10.1 Å². The predicted octanol–water partition coefficient (Wildman–Crippen LogP) is 3.87. The van der Waals surface area contributed by atoms with E-state index in [2.05, 4.69) is 10.3 Å². The number of fused-ring (bicyclic) bond motifs is 1. The number of rotatable bonds is 4. The number of carbonyl (C=O) groups excluding carboxylic acids is 1. The normalized spacial score (nSPS) is 12.0. The summed E-state index contributed by atoms with van der Waals surface area (Å²) < 4.78 is 18.7. The average Bonchev–Trinajstić information content (AvgIpc) is 2.61. The lowest BCUT2D eigenvalue weighted by Gasteiger charge is -2.15. The highest BCUT2D eigenvalue weighted by atomic mass is 19.1. The number of hydrogen-bond donors (Lipinski definition) is 1. The second-order valence-electron chi connectivity index (χ2n) is 5.48. The maximum atomic E-state index is 13.8. The molecule has 0 fully saturated rings. The summed E-state index contributed by atoms with van der Waals surface area (Å²) in [5.41, 5.74) is 1.74. The Hall–Kier alpha value is -2.95. The number of benzene rings is 2. The van der Waals surface area contributed by atoms with Crippen molar-refractivity contribution in [2.45, 2.75) is 13.0 Å². The van der Waals surface area contributed by atoms with Crippen LogP contribution in [0.4, 0.5) is 4.39 Å². The van der Waals surface area contributed by atoms with Crippen molar-refractivity contribution in [3.63, 3.8) is 0 Å². The van der Waals surface area contributed by atoms with E-state index in [9.17, 15) is 9.18 Å². The van der Waals surface area contributed by atoms with Crippen LogP contribution in [0.3, 0.4) is 0 Å². The number of methoxy groups -OCH3 is 1. The molecule has 24 heavy (non-hydrogen) atoms. The third-order valence-electron chi connectivity index (χ3n) is 3.85. The molecule has 0 aliphatic heterocycles. The molecule has 0 bridgehead atoms. The summed E-state index contributed by atoms with van der Waals surface area (Å²) in [6.07, 6.45) is 0. The maximum Gasteiger partial charge on any atom is 0.270 e. The SMILES string of the molecule is COc1ccc([C@H](C)NC(=O)c2ccc3ccccc3n2)cc1F. The van der Waals surface area contributed by atoms with Crippen molar-refractivity contribution in [3.8, 4) is 5.75 Å². The van der Waals surface area contributed by atoms with Gasteiger partial charge in [0.1, 0.15) is 5.69 Å². The third kappa shape index (κ3) is 3.20. The zero-order valence-electron chi connectivity index (χ0n) is 13.4. The lowest BCUT2D eigenvalue weighted by Crippen LogP contribution is -2.27. The molecule has 0 aliphatic carbocycles. The molecular formula is C19H17FN2O2. The fourth-order valence-electron chi connectivity index (χ4n) is 2.50. The van der Waals surface area contributed by atoms with E-state index in [0.717, 1.165) is 10.9 Å². The van der Waals surface area contributed by atoms with E-state index < -0.39 is 5.82 Å². The van der Waals surface area contributed by atoms with Crippen LogP contribution < -0.4 is 10.1 Å². The van der Waals surface area contributed by atoms with Gasteiger partial charge in [-0.25, -0.2) is 9.37 Å². The largest absolute Gasteiger partial charge is 0.494 e. The van der Waals surface area contributed by atoms with Crippen LogP contribution in [0.2, 0.25) is 0 Å². The lowest BCUT2D eigenvalue weighted by molar-refractivity contribution is 0.0935. The Morgan fingerprint density at radius 1 is 1.17 bits per heavy atom. The summed E-state index contributed by atoms with van der Waals surface area (Å²) in [5, 5.41) is 3.80. The molecule has 0 aliphatic rings. The van der Waals surface area contributed by atoms with Gasteiger partial charge in [-0.3, -0.25) is 4.79 Å². The van der Waals surface area contributed by atoms with Crippen molar-refractivity contribution >= 4 is 16.8 Å². The molecule has 5 heteroatoms. The van der Waals surface area contributed by atoms with Crippen LogP contribution in [0.1, 0.15) is 29.0 Å². The first-order valence-electron chi connectivity index (χ1n) is 7.58. The molecule has 0 unspecified atom stereocenters. The van der Waals surface area contributed by atoms with E-state index in [4.69, 9.17) is 4.74 Å². The predicted molar refractivity (Wildman–Crippen MR) is 90.6 cm³/mol. The van der Waals surface area contributed by atoms with Gasteiger partial charge in [0.15, 0.2) is 11.6 Å². The summed E-state index contributed by atoms with van der Waals surface area (Å²) in [6, 6.07) is 15.4. The Bertz CT molecular complexity index is 895. The minimum Gasteiger partial charge on any atom is -0.494 e. The van der Waals surface area contributed by atoms with E-state index >= 15 is 0 Å². The Morgan fingerprint density at radius 2 is 1.96 bits per heavy atom. The van der Waals surface area contributed by atoms with E-state index in [1.54, 1.807) is 25.1 Å². The Kier molecular flexibility index (Phi) is 4.42. The van der Waals surface area contributed by atoms with Gasteiger partial charge in [-0.05, 0) is 36.8 Å². The summed E-state index contributed by atoms with van der Waals surface area (Å²) in [5.74, 6) is -0.585. The third-order valence-corrected chi connectivity index (χ3v) is 3.85. The fourth-order valence-corrected chi connectivity index (χ4v) is 2.50. The second kappa shape index (κ2) is 6.66. The van der Waals surface area contributed by atoms with Crippen LogP contribution in [-0.4, -0.2) is 18.0 Å². The molecule has 3 rings (SSSR count). The summed E-state index contributed by atoms with van der Waals surface area (Å²) in [6.45, 7) is 1.79. The van der Waals surface area contributed by atoms with Crippen LogP contribution in [0, 0.1) is 5.82 Å². The van der Waals surface area contributed by atoms with Gasteiger partial charge in [-0.2, -0.15) is 0 Å². The molecule has 0 spiro atoms. The summed E-state index contributed by atoms with van der Waals surface area (Å²) in [7, 11) is 1.41. The van der Waals surface area contributed by atoms with Crippen LogP contribution >= 0.6 is 0 Å². The highest BCUT2D eigenvalue weighted by molar-refractivity contribution is 5.95. The zero-order chi connectivity index (χ0) is 17.1. The molecule has 4 nitrogen and oxygen atoms in total. The minimum atomic E-state index is -0.458. The van der Waals surface area contributed by atoms with Crippen LogP contribution in [0.5, 0.6) is 5.75 Å². The molecule has 1 amide bonds. The van der Waals surface area contributed by atoms with E-state index in [0.29, 0.717) is 11.3 Å². The first-order chi connectivity index (χ1) is 11.6. The number of aromatic nitrogens is 1. The van der Waals surface area contributed by atoms with Crippen LogP contribution in [0.15, 0.2) is 54.6 Å². The highest BCUT2D eigenvalue weighted by Crippen LogP contribution is 2.22. The van der Waals surface area contributed by atoms with Crippen molar-refractivity contribution in [3.05, 3.63) is 71.7 Å². The molecule has 0 saturated heterocycles. The summed E-state index contributed by atoms with van der Waals surface area (Å²) in [4.78, 5) is 16.7. The molecule has 1 heterocycles. The fraction of sp³-hybridized carbons (Fsp3) is 0.158. The molecule has 3 aromatic rings. The maximum absolute atomic E-state index is 13.8. The number of halogens is 1. The molecule has 0 saturated carbocycles. The smallest absolute Gasteiger partial charge is 0.270 e. The number of pyridine rings is 1. The van der Waals surface area contributed by atoms with Crippen molar-refractivity contribution in [1.82, 2.24) is 10.3 Å². The van der Waals surface area contributed by atoms with E-state index in [1.807, 2.05) is 30.3 Å². The van der Waals surface area contributed by atoms with Gasteiger partial charge in [0.25, 0.3) is 5.91 Å². The lowest BCUT2D eigenvalue weighted by atomic mass is 10.1. The molecule has 2 aromatic carbocycles. The monoisotopic (exact) mass is 324 g/mol. The highest BCUT2D eigenvalue weighted by Gasteiger charge is 2.14. The number of ether oxygens (including phenoxy) is 1. The Labute approximate surface area is 139 Å². The number of nitrogens with one attached hydrogen (secondary N) is 1. The van der Waals surface area contributed by atoms with Crippen molar-refractivity contribution in [2.75, 3.05) is 7.11 Å². The van der Waals surface area contributed by atoms with Crippen molar-refractivity contribution in [2.24, 2.45) is 0 Å². The quantitative estimate of drug-likeness (QED) is 0.792. The van der Waals surface area contributed by atoms with Crippen molar-refractivity contribution < 1.29 is 13.9 Å². The molecule has 1 aromatic heterocycles. The number of para-hydroxylation sites is 1. The molecule has 1 N–H and O–H groups in total. The molecular weight excluding hydrogens is 307 g/mol. The number of amides is 1. The Balaban J connectivity index is 1.78.